The van der Waals surface area contributed by atoms with Gasteiger partial charge in [0.05, 0.1) is 8.22 Å². The van der Waals surface area contributed by atoms with E-state index in [0.717, 1.165) is 52.3 Å². The second-order valence-electron chi connectivity index (χ2n) is 12.3. The third kappa shape index (κ3) is 4.65. The fourth-order valence-electron chi connectivity index (χ4n) is 6.86. The Kier molecular flexibility index (Phi) is 5.26. The minimum Gasteiger partial charge on any atom is -0.208 e. The van der Waals surface area contributed by atoms with Crippen LogP contribution >= 0.6 is 34.0 Å². The minimum absolute atomic E-state index is 0.0499. The quantitative estimate of drug-likeness (QED) is 0.183. The molecule has 0 radical (unpaired) electrons. The van der Waals surface area contributed by atoms with Crippen LogP contribution in [0.2, 0.25) is 0 Å². The first-order chi connectivity index (χ1) is 27.8. The maximum Gasteiger partial charge on any atom is 0.164 e. The van der Waals surface area contributed by atoms with E-state index >= 15 is 0 Å². The van der Waals surface area contributed by atoms with Gasteiger partial charge in [0.2, 0.25) is 0 Å². The zero-order valence-corrected chi connectivity index (χ0v) is 29.0. The summed E-state index contributed by atoms with van der Waals surface area (Å²) in [6, 6.07) is 36.9. The Bertz CT molecular complexity index is 3500. The summed E-state index contributed by atoms with van der Waals surface area (Å²) in [4.78, 5) is 14.7. The van der Waals surface area contributed by atoms with Gasteiger partial charge in [0.15, 0.2) is 17.5 Å². The van der Waals surface area contributed by atoms with Gasteiger partial charge in [-0.3, -0.25) is 0 Å². The van der Waals surface area contributed by atoms with Crippen molar-refractivity contribution >= 4 is 94.5 Å². The summed E-state index contributed by atoms with van der Waals surface area (Å²) < 4.78 is 61.1. The highest BCUT2D eigenvalue weighted by Gasteiger charge is 2.18. The molecule has 0 saturated heterocycles. The van der Waals surface area contributed by atoms with Gasteiger partial charge in [-0.1, -0.05) is 115 Å². The highest BCUT2D eigenvalue weighted by Crippen LogP contribution is 2.46. The lowest BCUT2D eigenvalue weighted by Gasteiger charge is -2.09. The lowest BCUT2D eigenvalue weighted by molar-refractivity contribution is 1.08. The van der Waals surface area contributed by atoms with E-state index in [1.54, 1.807) is 22.7 Å². The monoisotopic (exact) mass is 709 g/mol. The van der Waals surface area contributed by atoms with Crippen molar-refractivity contribution in [2.45, 2.75) is 0 Å². The van der Waals surface area contributed by atoms with Crippen molar-refractivity contribution in [3.05, 3.63) is 152 Å². The Labute approximate surface area is 313 Å². The molecule has 3 nitrogen and oxygen atoms in total. The molecule has 4 aromatic heterocycles. The lowest BCUT2D eigenvalue weighted by atomic mass is 10.0. The molecule has 4 heterocycles. The Balaban J connectivity index is 1.18. The third-order valence-electron chi connectivity index (χ3n) is 9.26. The van der Waals surface area contributed by atoms with Crippen molar-refractivity contribution in [1.82, 2.24) is 15.0 Å². The normalized spacial score (nSPS) is 13.6. The van der Waals surface area contributed by atoms with Crippen LogP contribution in [-0.4, -0.2) is 15.0 Å². The average molecular weight is 710 g/mol. The van der Waals surface area contributed by atoms with E-state index < -0.39 is 0 Å². The molecule has 0 saturated carbocycles. The molecule has 0 aliphatic rings. The summed E-state index contributed by atoms with van der Waals surface area (Å²) in [5, 5.41) is 4.91. The molecule has 0 aliphatic carbocycles. The second kappa shape index (κ2) is 11.4. The number of fused-ring (bicyclic) bond motifs is 9. The molecule has 0 fully saturated rings. The van der Waals surface area contributed by atoms with Crippen LogP contribution < -0.4 is 0 Å². The van der Waals surface area contributed by atoms with Gasteiger partial charge in [0, 0.05) is 88.3 Å². The van der Waals surface area contributed by atoms with Crippen molar-refractivity contribution in [2.75, 3.05) is 0 Å². The second-order valence-corrected chi connectivity index (χ2v) is 15.4. The molecule has 0 N–H and O–H groups in total. The fourth-order valence-corrected chi connectivity index (χ4v) is 10.3. The topological polar surface area (TPSA) is 38.7 Å². The molecular weight excluding hydrogens is 679 g/mol. The number of nitrogens with zero attached hydrogens (tertiary/aromatic N) is 3. The Morgan fingerprint density at radius 2 is 1.04 bits per heavy atom. The van der Waals surface area contributed by atoms with Gasteiger partial charge >= 0.3 is 0 Å². The first-order valence-electron chi connectivity index (χ1n) is 19.4. The molecule has 0 atom stereocenters. The van der Waals surface area contributed by atoms with Crippen LogP contribution in [0.25, 0.3) is 106 Å². The summed E-state index contributed by atoms with van der Waals surface area (Å²) in [5.74, 6) is 0.848. The number of thiophene rings is 3. The van der Waals surface area contributed by atoms with Gasteiger partial charge in [-0.2, -0.15) is 0 Å². The van der Waals surface area contributed by atoms with E-state index in [9.17, 15) is 5.48 Å². The molecule has 0 aliphatic heterocycles. The SMILES string of the molecule is [2H]c1c([2H])c([2H])c2c(sc3c([2H])c(-c4nc(-c5ccccc5)nc(-c5ccc6sc7ccccc7c6c5)n4)c([2H])c([2H])c32)c1-c1cccc2c1sc1ccccc12. The van der Waals surface area contributed by atoms with Gasteiger partial charge in [0.25, 0.3) is 0 Å². The summed E-state index contributed by atoms with van der Waals surface area (Å²) in [5.41, 5.74) is 2.82. The first kappa shape index (κ1) is 23.6. The van der Waals surface area contributed by atoms with Crippen LogP contribution in [0.1, 0.15) is 8.22 Å². The maximum absolute atomic E-state index is 9.69. The molecule has 0 spiro atoms. The highest BCUT2D eigenvalue weighted by atomic mass is 32.1. The predicted octanol–water partition coefficient (Wildman–Crippen LogP) is 13.6. The highest BCUT2D eigenvalue weighted by molar-refractivity contribution is 7.27. The first-order valence-corrected chi connectivity index (χ1v) is 18.8. The Morgan fingerprint density at radius 3 is 1.88 bits per heavy atom. The van der Waals surface area contributed by atoms with Gasteiger partial charge in [-0.05, 0) is 36.4 Å². The summed E-state index contributed by atoms with van der Waals surface area (Å²) >= 11 is 4.55. The van der Waals surface area contributed by atoms with Crippen molar-refractivity contribution < 1.29 is 8.22 Å². The van der Waals surface area contributed by atoms with E-state index in [-0.39, 0.29) is 53.0 Å². The summed E-state index contributed by atoms with van der Waals surface area (Å²) in [6.07, 6.45) is 0. The molecule has 7 aromatic carbocycles. The standard InChI is InChI=1S/C45H25N3S3/c1-2-10-26(11-3-1)43-46-44(27-21-23-39-36(24-27)30-13-5-6-18-37(30)49-39)48-45(47-43)28-20-22-31-33-15-9-17-35(42(33)51-40(31)25-28)34-16-8-14-32-29-12-4-7-19-38(29)50-41(32)34/h1-25H/i9D,15D,17D,20D,22D,25D. The largest absolute Gasteiger partial charge is 0.208 e. The average Bonchev–Trinajstić information content (AvgIpc) is 3.95. The zero-order chi connectivity index (χ0) is 38.7. The molecule has 0 bridgehead atoms. The maximum atomic E-state index is 9.69. The van der Waals surface area contributed by atoms with Crippen molar-refractivity contribution in [1.29, 1.82) is 0 Å². The molecule has 0 amide bonds. The summed E-state index contributed by atoms with van der Waals surface area (Å²) in [7, 11) is 0. The van der Waals surface area contributed by atoms with Crippen molar-refractivity contribution in [2.24, 2.45) is 0 Å². The van der Waals surface area contributed by atoms with Gasteiger partial charge in [-0.25, -0.2) is 15.0 Å². The Morgan fingerprint density at radius 1 is 0.392 bits per heavy atom. The lowest BCUT2D eigenvalue weighted by Crippen LogP contribution is -2.00. The molecule has 11 rings (SSSR count). The van der Waals surface area contributed by atoms with E-state index in [0.29, 0.717) is 32.0 Å². The van der Waals surface area contributed by atoms with Gasteiger partial charge in [-0.15, -0.1) is 34.0 Å². The van der Waals surface area contributed by atoms with Gasteiger partial charge < -0.3 is 0 Å². The predicted molar refractivity (Wildman–Crippen MR) is 220 cm³/mol. The molecule has 238 valence electrons. The van der Waals surface area contributed by atoms with Crippen LogP contribution in [0.3, 0.4) is 0 Å². The number of hydrogen-bond donors (Lipinski definition) is 0. The zero-order valence-electron chi connectivity index (χ0n) is 32.5. The van der Waals surface area contributed by atoms with Crippen LogP contribution in [0.15, 0.2) is 152 Å². The number of rotatable bonds is 4. The molecule has 6 heteroatoms. The van der Waals surface area contributed by atoms with Crippen LogP contribution in [0.4, 0.5) is 0 Å². The Hall–Kier alpha value is -5.79. The minimum atomic E-state index is -0.262. The van der Waals surface area contributed by atoms with Crippen LogP contribution in [-0.2, 0) is 0 Å². The smallest absolute Gasteiger partial charge is 0.164 e. The molecule has 0 unspecified atom stereocenters. The number of hydrogen-bond acceptors (Lipinski definition) is 6. The molecule has 11 aromatic rings. The van der Waals surface area contributed by atoms with E-state index in [1.165, 1.54) is 16.0 Å². The van der Waals surface area contributed by atoms with E-state index in [2.05, 4.69) is 42.5 Å². The van der Waals surface area contributed by atoms with Crippen LogP contribution in [0, 0.1) is 0 Å². The molecular formula is C45H25N3S3. The van der Waals surface area contributed by atoms with Gasteiger partial charge in [0.1, 0.15) is 0 Å². The van der Waals surface area contributed by atoms with E-state index in [4.69, 9.17) is 17.7 Å². The summed E-state index contributed by atoms with van der Waals surface area (Å²) in [6.45, 7) is 0. The van der Waals surface area contributed by atoms with Crippen molar-refractivity contribution in [3.8, 4) is 45.3 Å². The van der Waals surface area contributed by atoms with Crippen LogP contribution in [0.5, 0.6) is 0 Å². The third-order valence-corrected chi connectivity index (χ3v) is 12.8. The number of aromatic nitrogens is 3. The molecule has 51 heavy (non-hydrogen) atoms. The fraction of sp³-hybridized carbons (Fsp3) is 0. The van der Waals surface area contributed by atoms with Crippen molar-refractivity contribution in [3.63, 3.8) is 0 Å². The van der Waals surface area contributed by atoms with E-state index in [1.807, 2.05) is 72.8 Å². The number of benzene rings is 7.